The van der Waals surface area contributed by atoms with Gasteiger partial charge in [0.1, 0.15) is 0 Å². The molecule has 1 unspecified atom stereocenters. The Morgan fingerprint density at radius 3 is 2.88 bits per heavy atom. The van der Waals surface area contributed by atoms with Crippen molar-refractivity contribution in [2.45, 2.75) is 26.7 Å². The van der Waals surface area contributed by atoms with Crippen LogP contribution in [0, 0.1) is 5.92 Å². The summed E-state index contributed by atoms with van der Waals surface area (Å²) in [4.78, 5) is 24.9. The van der Waals surface area contributed by atoms with Crippen LogP contribution in [0.5, 0.6) is 0 Å². The molecule has 16 heavy (non-hydrogen) atoms. The van der Waals surface area contributed by atoms with Crippen molar-refractivity contribution in [2.24, 2.45) is 5.92 Å². The molecule has 0 aromatic rings. The number of nitrogens with zero attached hydrogens (tertiary/aromatic N) is 1. The van der Waals surface area contributed by atoms with E-state index in [4.69, 9.17) is 0 Å². The molecule has 1 saturated heterocycles. The van der Waals surface area contributed by atoms with Crippen LogP contribution >= 0.6 is 0 Å². The molecule has 1 aliphatic rings. The van der Waals surface area contributed by atoms with Crippen molar-refractivity contribution in [1.82, 2.24) is 4.90 Å². The Morgan fingerprint density at radius 2 is 2.31 bits per heavy atom. The largest absolute Gasteiger partial charge is 0.466 e. The Balaban J connectivity index is 2.64. The number of carbonyl (C=O) groups excluding carboxylic acids is 2. The van der Waals surface area contributed by atoms with Gasteiger partial charge in [0.05, 0.1) is 13.0 Å². The van der Waals surface area contributed by atoms with Gasteiger partial charge in [0.15, 0.2) is 0 Å². The topological polar surface area (TPSA) is 46.6 Å². The summed E-state index contributed by atoms with van der Waals surface area (Å²) in [6.45, 7) is 5.33. The zero-order valence-corrected chi connectivity index (χ0v) is 10.2. The van der Waals surface area contributed by atoms with Crippen molar-refractivity contribution in [2.75, 3.05) is 20.2 Å². The van der Waals surface area contributed by atoms with E-state index in [0.717, 1.165) is 25.9 Å². The Labute approximate surface area is 96.3 Å². The van der Waals surface area contributed by atoms with Gasteiger partial charge < -0.3 is 9.64 Å². The molecule has 1 fully saturated rings. The van der Waals surface area contributed by atoms with Gasteiger partial charge in [-0.25, -0.2) is 4.79 Å². The van der Waals surface area contributed by atoms with Crippen molar-refractivity contribution in [3.63, 3.8) is 0 Å². The van der Waals surface area contributed by atoms with E-state index in [1.54, 1.807) is 13.0 Å². The predicted molar refractivity (Wildman–Crippen MR) is 60.8 cm³/mol. The summed E-state index contributed by atoms with van der Waals surface area (Å²) in [5.74, 6) is -0.377. The van der Waals surface area contributed by atoms with Crippen LogP contribution < -0.4 is 0 Å². The fraction of sp³-hybridized carbons (Fsp3) is 0.667. The Hall–Kier alpha value is -1.32. The lowest BCUT2D eigenvalue weighted by atomic mass is 10.1. The molecule has 1 atom stereocenters. The smallest absolute Gasteiger partial charge is 0.333 e. The molecule has 0 N–H and O–H groups in total. The maximum atomic E-state index is 11.9. The molecule has 0 aliphatic carbocycles. The number of hydrogen-bond donors (Lipinski definition) is 0. The Kier molecular flexibility index (Phi) is 4.52. The van der Waals surface area contributed by atoms with Crippen LogP contribution in [0.25, 0.3) is 0 Å². The number of rotatable bonds is 4. The molecule has 0 aromatic heterocycles. The van der Waals surface area contributed by atoms with Crippen LogP contribution in [0.1, 0.15) is 26.7 Å². The molecule has 0 spiro atoms. The van der Waals surface area contributed by atoms with Gasteiger partial charge in [-0.3, -0.25) is 4.79 Å². The highest BCUT2D eigenvalue weighted by Crippen LogP contribution is 2.21. The molecule has 4 nitrogen and oxygen atoms in total. The number of ether oxygens (including phenoxy) is 1. The number of esters is 1. The van der Waals surface area contributed by atoms with Gasteiger partial charge in [-0.05, 0) is 19.8 Å². The first-order valence-electron chi connectivity index (χ1n) is 5.65. The van der Waals surface area contributed by atoms with Gasteiger partial charge in [-0.2, -0.15) is 0 Å². The molecule has 0 saturated carbocycles. The first-order valence-corrected chi connectivity index (χ1v) is 5.65. The summed E-state index contributed by atoms with van der Waals surface area (Å²) in [6.07, 6.45) is 3.50. The van der Waals surface area contributed by atoms with Crippen molar-refractivity contribution in [3.05, 3.63) is 11.6 Å². The maximum Gasteiger partial charge on any atom is 0.333 e. The average molecular weight is 225 g/mol. The Morgan fingerprint density at radius 1 is 1.62 bits per heavy atom. The number of hydrogen-bond acceptors (Lipinski definition) is 3. The summed E-state index contributed by atoms with van der Waals surface area (Å²) in [7, 11) is 1.35. The lowest BCUT2D eigenvalue weighted by Gasteiger charge is -2.14. The van der Waals surface area contributed by atoms with Gasteiger partial charge in [-0.15, -0.1) is 0 Å². The van der Waals surface area contributed by atoms with Crippen LogP contribution in [0.4, 0.5) is 0 Å². The lowest BCUT2D eigenvalue weighted by molar-refractivity contribution is -0.136. The normalized spacial score (nSPS) is 21.4. The van der Waals surface area contributed by atoms with Crippen molar-refractivity contribution in [3.8, 4) is 0 Å². The van der Waals surface area contributed by atoms with E-state index < -0.39 is 0 Å². The van der Waals surface area contributed by atoms with E-state index in [9.17, 15) is 9.59 Å². The van der Waals surface area contributed by atoms with Crippen LogP contribution in [-0.4, -0.2) is 37.0 Å². The van der Waals surface area contributed by atoms with E-state index in [1.165, 1.54) is 7.11 Å². The highest BCUT2D eigenvalue weighted by atomic mass is 16.5. The molecule has 0 bridgehead atoms. The van der Waals surface area contributed by atoms with Gasteiger partial charge in [0.2, 0.25) is 5.91 Å². The second-order valence-electron chi connectivity index (χ2n) is 4.06. The third kappa shape index (κ3) is 2.84. The van der Waals surface area contributed by atoms with E-state index >= 15 is 0 Å². The van der Waals surface area contributed by atoms with Crippen LogP contribution in [0.15, 0.2) is 11.6 Å². The molecule has 0 aromatic carbocycles. The molecule has 90 valence electrons. The standard InChI is InChI=1S/C12H19NO3/c1-4-6-13-7-5-10(11(13)14)8-9(2)12(15)16-3/h8,10H,4-7H2,1-3H3/b9-8+. The fourth-order valence-corrected chi connectivity index (χ4v) is 1.94. The molecular formula is C12H19NO3. The molecule has 1 aliphatic heterocycles. The molecule has 1 heterocycles. The zero-order chi connectivity index (χ0) is 12.1. The second kappa shape index (κ2) is 5.68. The van der Waals surface area contributed by atoms with E-state index in [0.29, 0.717) is 5.57 Å². The lowest BCUT2D eigenvalue weighted by Crippen LogP contribution is -2.27. The van der Waals surface area contributed by atoms with E-state index in [2.05, 4.69) is 11.7 Å². The number of carbonyl (C=O) groups is 2. The van der Waals surface area contributed by atoms with Gasteiger partial charge in [0.25, 0.3) is 0 Å². The minimum absolute atomic E-state index is 0.130. The summed E-state index contributed by atoms with van der Waals surface area (Å²) < 4.78 is 4.60. The highest BCUT2D eigenvalue weighted by molar-refractivity contribution is 5.90. The van der Waals surface area contributed by atoms with Gasteiger partial charge >= 0.3 is 5.97 Å². The first kappa shape index (κ1) is 12.7. The summed E-state index contributed by atoms with van der Waals surface area (Å²) in [5, 5.41) is 0. The van der Waals surface area contributed by atoms with Crippen LogP contribution in [-0.2, 0) is 14.3 Å². The Bertz CT molecular complexity index is 309. The quantitative estimate of drug-likeness (QED) is 0.536. The van der Waals surface area contributed by atoms with Crippen molar-refractivity contribution < 1.29 is 14.3 Å². The van der Waals surface area contributed by atoms with E-state index in [1.807, 2.05) is 4.90 Å². The molecule has 4 heteroatoms. The highest BCUT2D eigenvalue weighted by Gasteiger charge is 2.29. The predicted octanol–water partition coefficient (Wildman–Crippen LogP) is 1.36. The van der Waals surface area contributed by atoms with Crippen molar-refractivity contribution >= 4 is 11.9 Å². The number of methoxy groups -OCH3 is 1. The molecule has 1 amide bonds. The number of amides is 1. The van der Waals surface area contributed by atoms with E-state index in [-0.39, 0.29) is 17.8 Å². The summed E-state index contributed by atoms with van der Waals surface area (Å²) in [5.41, 5.74) is 0.513. The first-order chi connectivity index (χ1) is 7.60. The minimum atomic E-state index is -0.359. The summed E-state index contributed by atoms with van der Waals surface area (Å²) >= 11 is 0. The van der Waals surface area contributed by atoms with Gasteiger partial charge in [-0.1, -0.05) is 13.0 Å². The second-order valence-corrected chi connectivity index (χ2v) is 4.06. The van der Waals surface area contributed by atoms with Crippen molar-refractivity contribution in [1.29, 1.82) is 0 Å². The fourth-order valence-electron chi connectivity index (χ4n) is 1.94. The minimum Gasteiger partial charge on any atom is -0.466 e. The third-order valence-corrected chi connectivity index (χ3v) is 2.79. The van der Waals surface area contributed by atoms with Crippen LogP contribution in [0.2, 0.25) is 0 Å². The SMILES string of the molecule is CCCN1CCC(/C=C(\C)C(=O)OC)C1=O. The molecule has 1 rings (SSSR count). The zero-order valence-electron chi connectivity index (χ0n) is 10.2. The maximum absolute atomic E-state index is 11.9. The number of likely N-dealkylation sites (tertiary alicyclic amines) is 1. The van der Waals surface area contributed by atoms with Gasteiger partial charge in [0, 0.05) is 18.7 Å². The average Bonchev–Trinajstić information content (AvgIpc) is 2.61. The monoisotopic (exact) mass is 225 g/mol. The third-order valence-electron chi connectivity index (χ3n) is 2.79. The molecular weight excluding hydrogens is 206 g/mol. The molecule has 0 radical (unpaired) electrons. The summed E-state index contributed by atoms with van der Waals surface area (Å²) in [6, 6.07) is 0. The van der Waals surface area contributed by atoms with Crippen LogP contribution in [0.3, 0.4) is 0 Å².